The summed E-state index contributed by atoms with van der Waals surface area (Å²) in [5.41, 5.74) is 6.51. The smallest absolute Gasteiger partial charge is 0.117 e. The maximum Gasteiger partial charge on any atom is 0.117 e. The first kappa shape index (κ1) is 7.07. The Kier molecular flexibility index (Phi) is 2.76. The van der Waals surface area contributed by atoms with E-state index in [4.69, 9.17) is 5.53 Å². The Balaban J connectivity index is 3.81. The van der Waals surface area contributed by atoms with Gasteiger partial charge in [0.15, 0.2) is 0 Å². The number of hydrogen-bond donors (Lipinski definition) is 1. The molecule has 0 aliphatic rings. The first-order chi connectivity index (χ1) is 3.72. The van der Waals surface area contributed by atoms with Crippen molar-refractivity contribution in [3.63, 3.8) is 0 Å². The second kappa shape index (κ2) is 3.12. The van der Waals surface area contributed by atoms with Crippen LogP contribution in [0.2, 0.25) is 0 Å². The summed E-state index contributed by atoms with van der Waals surface area (Å²) in [4.78, 5) is 3.79. The number of hydrogen-bond acceptors (Lipinski definition) is 3. The quantitative estimate of drug-likeness (QED) is 0.234. The van der Waals surface area contributed by atoms with Gasteiger partial charge in [-0.05, 0) is 6.92 Å². The average Bonchev–Trinajstić information content (AvgIpc) is 1.84. The molecule has 0 aromatic heterocycles. The van der Waals surface area contributed by atoms with E-state index in [-0.39, 0.29) is 0 Å². The molecule has 0 aliphatic carbocycles. The number of aliphatic imine (C=N–C) groups is 1. The summed E-state index contributed by atoms with van der Waals surface area (Å²) in [5, 5.41) is 4.50. The molecule has 0 saturated heterocycles. The summed E-state index contributed by atoms with van der Waals surface area (Å²) in [6.45, 7) is 1.79. The van der Waals surface area contributed by atoms with E-state index in [2.05, 4.69) is 10.2 Å². The van der Waals surface area contributed by atoms with Gasteiger partial charge in [-0.25, -0.2) is 5.01 Å². The standard InChI is InChI=1S/C4H10N4/c1-4(6-2)8(3)7-5/h5H,1-3H3/b6-4-,7-5?. The molecule has 0 spiro atoms. The van der Waals surface area contributed by atoms with Gasteiger partial charge < -0.3 is 0 Å². The topological polar surface area (TPSA) is 51.8 Å². The lowest BCUT2D eigenvalue weighted by atomic mass is 10.7. The molecule has 0 radical (unpaired) electrons. The van der Waals surface area contributed by atoms with E-state index in [9.17, 15) is 0 Å². The van der Waals surface area contributed by atoms with Crippen LogP contribution in [0.3, 0.4) is 0 Å². The molecule has 0 fully saturated rings. The zero-order valence-corrected chi connectivity index (χ0v) is 5.34. The Morgan fingerprint density at radius 1 is 1.62 bits per heavy atom. The van der Waals surface area contributed by atoms with Gasteiger partial charge in [0.2, 0.25) is 0 Å². The highest BCUT2D eigenvalue weighted by atomic mass is 15.5. The lowest BCUT2D eigenvalue weighted by Gasteiger charge is -2.06. The lowest BCUT2D eigenvalue weighted by molar-refractivity contribution is 0.484. The number of nitrogens with zero attached hydrogens (tertiary/aromatic N) is 3. The highest BCUT2D eigenvalue weighted by molar-refractivity contribution is 5.78. The molecule has 46 valence electrons. The summed E-state index contributed by atoms with van der Waals surface area (Å²) < 4.78 is 0. The van der Waals surface area contributed by atoms with Crippen molar-refractivity contribution in [3.8, 4) is 0 Å². The molecule has 0 unspecified atom stereocenters. The van der Waals surface area contributed by atoms with Crippen LogP contribution < -0.4 is 0 Å². The number of nitrogens with one attached hydrogen (secondary N) is 1. The van der Waals surface area contributed by atoms with Gasteiger partial charge in [-0.1, -0.05) is 5.22 Å². The third-order valence-electron chi connectivity index (χ3n) is 0.942. The SMILES string of the molecule is C/N=C(/C)N(C)N=N. The van der Waals surface area contributed by atoms with E-state index in [0.717, 1.165) is 5.84 Å². The third kappa shape index (κ3) is 1.68. The van der Waals surface area contributed by atoms with Gasteiger partial charge in [0, 0.05) is 14.1 Å². The van der Waals surface area contributed by atoms with Crippen molar-refractivity contribution in [1.82, 2.24) is 5.01 Å². The van der Waals surface area contributed by atoms with Gasteiger partial charge in [0.1, 0.15) is 5.84 Å². The molecule has 8 heavy (non-hydrogen) atoms. The van der Waals surface area contributed by atoms with Crippen molar-refractivity contribution in [3.05, 3.63) is 0 Å². The Hall–Kier alpha value is -0.930. The van der Waals surface area contributed by atoms with Crippen LogP contribution in [0.5, 0.6) is 0 Å². The van der Waals surface area contributed by atoms with Crippen molar-refractivity contribution in [1.29, 1.82) is 5.53 Å². The molecular formula is C4H10N4. The van der Waals surface area contributed by atoms with E-state index in [1.54, 1.807) is 21.0 Å². The van der Waals surface area contributed by atoms with Gasteiger partial charge >= 0.3 is 0 Å². The molecule has 4 heteroatoms. The Labute approximate surface area is 48.7 Å². The lowest BCUT2D eigenvalue weighted by Crippen LogP contribution is -2.16. The predicted octanol–water partition coefficient (Wildman–Crippen LogP) is 0.912. The summed E-state index contributed by atoms with van der Waals surface area (Å²) in [5.74, 6) is 0.736. The van der Waals surface area contributed by atoms with E-state index in [1.807, 2.05) is 0 Å². The van der Waals surface area contributed by atoms with Crippen LogP contribution in [0.1, 0.15) is 6.92 Å². The van der Waals surface area contributed by atoms with Gasteiger partial charge in [-0.2, -0.15) is 5.53 Å². The second-order valence-corrected chi connectivity index (χ2v) is 1.39. The summed E-state index contributed by atoms with van der Waals surface area (Å²) in [6, 6.07) is 0. The first-order valence-corrected chi connectivity index (χ1v) is 2.27. The van der Waals surface area contributed by atoms with Crippen molar-refractivity contribution in [2.45, 2.75) is 6.92 Å². The van der Waals surface area contributed by atoms with E-state index in [1.165, 1.54) is 5.01 Å². The zero-order valence-electron chi connectivity index (χ0n) is 5.34. The van der Waals surface area contributed by atoms with Gasteiger partial charge in [0.25, 0.3) is 0 Å². The molecule has 0 heterocycles. The van der Waals surface area contributed by atoms with E-state index >= 15 is 0 Å². The minimum atomic E-state index is 0.736. The molecule has 0 rings (SSSR count). The van der Waals surface area contributed by atoms with E-state index < -0.39 is 0 Å². The van der Waals surface area contributed by atoms with Crippen LogP contribution in [0, 0.1) is 5.53 Å². The molecule has 0 aliphatic heterocycles. The number of amidine groups is 1. The molecule has 1 N–H and O–H groups in total. The molecular weight excluding hydrogens is 104 g/mol. The molecule has 0 saturated carbocycles. The first-order valence-electron chi connectivity index (χ1n) is 2.27. The fraction of sp³-hybridized carbons (Fsp3) is 0.750. The molecule has 0 atom stereocenters. The molecule has 0 amide bonds. The second-order valence-electron chi connectivity index (χ2n) is 1.39. The highest BCUT2D eigenvalue weighted by Crippen LogP contribution is 1.83. The minimum absolute atomic E-state index is 0.736. The summed E-state index contributed by atoms with van der Waals surface area (Å²) in [6.07, 6.45) is 0. The fourth-order valence-corrected chi connectivity index (χ4v) is 0.217. The number of rotatable bonds is 1. The van der Waals surface area contributed by atoms with Gasteiger partial charge in [-0.15, -0.1) is 0 Å². The van der Waals surface area contributed by atoms with Crippen LogP contribution in [-0.4, -0.2) is 24.9 Å². The Morgan fingerprint density at radius 2 is 2.12 bits per heavy atom. The van der Waals surface area contributed by atoms with Crippen molar-refractivity contribution < 1.29 is 0 Å². The van der Waals surface area contributed by atoms with Crippen LogP contribution in [0.4, 0.5) is 0 Å². The van der Waals surface area contributed by atoms with Crippen LogP contribution in [0.15, 0.2) is 10.2 Å². The zero-order chi connectivity index (χ0) is 6.57. The van der Waals surface area contributed by atoms with Crippen LogP contribution in [0.25, 0.3) is 0 Å². The average molecular weight is 114 g/mol. The summed E-state index contributed by atoms with van der Waals surface area (Å²) in [7, 11) is 3.34. The Bertz CT molecular complexity index is 107. The monoisotopic (exact) mass is 114 g/mol. The molecule has 0 bridgehead atoms. The van der Waals surface area contributed by atoms with Crippen molar-refractivity contribution in [2.24, 2.45) is 10.2 Å². The van der Waals surface area contributed by atoms with Gasteiger partial charge in [0.05, 0.1) is 0 Å². The van der Waals surface area contributed by atoms with Gasteiger partial charge in [-0.3, -0.25) is 4.99 Å². The maximum atomic E-state index is 6.51. The molecule has 0 aromatic rings. The third-order valence-corrected chi connectivity index (χ3v) is 0.942. The van der Waals surface area contributed by atoms with Crippen molar-refractivity contribution >= 4 is 5.84 Å². The van der Waals surface area contributed by atoms with Crippen LogP contribution in [-0.2, 0) is 0 Å². The molecule has 0 aromatic carbocycles. The largest absolute Gasteiger partial charge is 0.274 e. The summed E-state index contributed by atoms with van der Waals surface area (Å²) >= 11 is 0. The van der Waals surface area contributed by atoms with E-state index in [0.29, 0.717) is 0 Å². The fourth-order valence-electron chi connectivity index (χ4n) is 0.217. The molecule has 4 nitrogen and oxygen atoms in total. The highest BCUT2D eigenvalue weighted by Gasteiger charge is 1.91. The maximum absolute atomic E-state index is 6.51. The normalized spacial score (nSPS) is 11.1. The Morgan fingerprint density at radius 3 is 2.25 bits per heavy atom. The predicted molar refractivity (Wildman–Crippen MR) is 31.9 cm³/mol. The minimum Gasteiger partial charge on any atom is -0.274 e. The van der Waals surface area contributed by atoms with Crippen molar-refractivity contribution in [2.75, 3.05) is 14.1 Å². The van der Waals surface area contributed by atoms with Crippen LogP contribution >= 0.6 is 0 Å².